The molecule has 0 radical (unpaired) electrons. The first-order chi connectivity index (χ1) is 12.5. The van der Waals surface area contributed by atoms with Gasteiger partial charge in [0.05, 0.1) is 11.3 Å². The zero-order valence-corrected chi connectivity index (χ0v) is 14.7. The van der Waals surface area contributed by atoms with E-state index in [1.54, 1.807) is 31.2 Å². The van der Waals surface area contributed by atoms with Gasteiger partial charge in [0.2, 0.25) is 5.89 Å². The van der Waals surface area contributed by atoms with Crippen LogP contribution in [0.15, 0.2) is 33.7 Å². The van der Waals surface area contributed by atoms with E-state index in [4.69, 9.17) is 9.26 Å². The molecule has 0 unspecified atom stereocenters. The second-order valence-corrected chi connectivity index (χ2v) is 6.39. The third-order valence-electron chi connectivity index (χ3n) is 3.51. The predicted molar refractivity (Wildman–Crippen MR) is 90.4 cm³/mol. The Bertz CT molecular complexity index is 838. The zero-order chi connectivity index (χ0) is 18.5. The van der Waals surface area contributed by atoms with E-state index < -0.39 is 24.5 Å². The fraction of sp³-hybridized carbons (Fsp3) is 0.312. The summed E-state index contributed by atoms with van der Waals surface area (Å²) in [7, 11) is 0. The summed E-state index contributed by atoms with van der Waals surface area (Å²) in [5, 5.41) is 6.23. The number of carbonyl (C=O) groups excluding carboxylic acids is 3. The Morgan fingerprint density at radius 1 is 1.38 bits per heavy atom. The monoisotopic (exact) mass is 376 g/mol. The molecule has 0 aliphatic carbocycles. The number of urea groups is 1. The summed E-state index contributed by atoms with van der Waals surface area (Å²) in [5.74, 6) is 0.198. The van der Waals surface area contributed by atoms with E-state index in [2.05, 4.69) is 15.5 Å². The minimum atomic E-state index is -0.636. The highest BCUT2D eigenvalue weighted by molar-refractivity contribution is 7.98. The Hall–Kier alpha value is -2.88. The van der Waals surface area contributed by atoms with Gasteiger partial charge < -0.3 is 14.6 Å². The quantitative estimate of drug-likeness (QED) is 0.594. The van der Waals surface area contributed by atoms with Crippen LogP contribution in [0.1, 0.15) is 22.1 Å². The molecule has 0 spiro atoms. The second kappa shape index (κ2) is 8.00. The number of benzene rings is 1. The molecule has 2 aromatic rings. The molecule has 1 fully saturated rings. The lowest BCUT2D eigenvalue weighted by molar-refractivity contribution is -0.130. The third kappa shape index (κ3) is 4.20. The number of hydrogen-bond donors (Lipinski definition) is 1. The van der Waals surface area contributed by atoms with E-state index in [9.17, 15) is 14.4 Å². The van der Waals surface area contributed by atoms with Crippen LogP contribution >= 0.6 is 11.8 Å². The lowest BCUT2D eigenvalue weighted by Gasteiger charge is -2.13. The van der Waals surface area contributed by atoms with E-state index in [0.717, 1.165) is 4.90 Å². The Morgan fingerprint density at radius 3 is 2.88 bits per heavy atom. The van der Waals surface area contributed by atoms with Gasteiger partial charge in [-0.25, -0.2) is 9.59 Å². The van der Waals surface area contributed by atoms with Crippen LogP contribution in [-0.4, -0.2) is 52.6 Å². The number of carbonyl (C=O) groups is 3. The van der Waals surface area contributed by atoms with Crippen molar-refractivity contribution in [3.05, 3.63) is 41.5 Å². The fourth-order valence-corrected chi connectivity index (χ4v) is 3.17. The van der Waals surface area contributed by atoms with Crippen LogP contribution < -0.4 is 5.32 Å². The molecule has 3 amide bonds. The highest BCUT2D eigenvalue weighted by Crippen LogP contribution is 2.26. The second-order valence-electron chi connectivity index (χ2n) is 5.37. The molecule has 26 heavy (non-hydrogen) atoms. The Morgan fingerprint density at radius 2 is 2.19 bits per heavy atom. The number of thioether (sulfide) groups is 1. The van der Waals surface area contributed by atoms with Crippen molar-refractivity contribution in [2.45, 2.75) is 17.6 Å². The smallest absolute Gasteiger partial charge is 0.339 e. The van der Waals surface area contributed by atoms with Crippen LogP contribution in [0.25, 0.3) is 0 Å². The van der Waals surface area contributed by atoms with Crippen LogP contribution in [0.3, 0.4) is 0 Å². The van der Waals surface area contributed by atoms with Gasteiger partial charge in [0.25, 0.3) is 5.91 Å². The average molecular weight is 376 g/mol. The van der Waals surface area contributed by atoms with Crippen molar-refractivity contribution in [3.8, 4) is 0 Å². The van der Waals surface area contributed by atoms with Crippen molar-refractivity contribution in [2.24, 2.45) is 0 Å². The molecule has 9 nitrogen and oxygen atoms in total. The zero-order valence-electron chi connectivity index (χ0n) is 13.9. The van der Waals surface area contributed by atoms with Gasteiger partial charge in [-0.1, -0.05) is 17.3 Å². The Balaban J connectivity index is 1.60. The van der Waals surface area contributed by atoms with Crippen molar-refractivity contribution in [1.29, 1.82) is 0 Å². The number of aryl methyl sites for hydroxylation is 1. The van der Waals surface area contributed by atoms with E-state index in [1.165, 1.54) is 11.8 Å². The molecule has 1 N–H and O–H groups in total. The SMILES string of the molecule is Cc1noc(CSc2ccccc2C(=O)OCC(=O)N2CCNC2=O)n1. The maximum absolute atomic E-state index is 12.3. The topological polar surface area (TPSA) is 115 Å². The summed E-state index contributed by atoms with van der Waals surface area (Å²) in [6.07, 6.45) is 0. The highest BCUT2D eigenvalue weighted by Gasteiger charge is 2.27. The number of hydrogen-bond acceptors (Lipinski definition) is 8. The minimum absolute atomic E-state index is 0.269. The number of amides is 3. The largest absolute Gasteiger partial charge is 0.452 e. The number of ether oxygens (including phenoxy) is 1. The maximum Gasteiger partial charge on any atom is 0.339 e. The maximum atomic E-state index is 12.3. The molecule has 1 aliphatic rings. The van der Waals surface area contributed by atoms with E-state index >= 15 is 0 Å². The standard InChI is InChI=1S/C16H16N4O5S/c1-10-18-13(25-19-10)9-26-12-5-3-2-4-11(12)15(22)24-8-14(21)20-7-6-17-16(20)23/h2-5H,6-9H2,1H3,(H,17,23). The molecule has 0 bridgehead atoms. The first-order valence-electron chi connectivity index (χ1n) is 7.81. The molecule has 3 rings (SSSR count). The highest BCUT2D eigenvalue weighted by atomic mass is 32.2. The fourth-order valence-electron chi connectivity index (χ4n) is 2.29. The number of aromatic nitrogens is 2. The molecule has 0 saturated carbocycles. The van der Waals surface area contributed by atoms with E-state index in [0.29, 0.717) is 34.5 Å². The minimum Gasteiger partial charge on any atom is -0.452 e. The molecule has 10 heteroatoms. The normalized spacial score (nSPS) is 13.6. The van der Waals surface area contributed by atoms with Gasteiger partial charge in [0.15, 0.2) is 12.4 Å². The van der Waals surface area contributed by atoms with Crippen molar-refractivity contribution in [3.63, 3.8) is 0 Å². The van der Waals surface area contributed by atoms with Gasteiger partial charge in [0, 0.05) is 18.0 Å². The van der Waals surface area contributed by atoms with Gasteiger partial charge in [0.1, 0.15) is 0 Å². The molecular formula is C16H16N4O5S. The third-order valence-corrected chi connectivity index (χ3v) is 4.57. The number of nitrogens with zero attached hydrogens (tertiary/aromatic N) is 3. The number of esters is 1. The van der Waals surface area contributed by atoms with Crippen LogP contribution in [0, 0.1) is 6.92 Å². The van der Waals surface area contributed by atoms with Gasteiger partial charge >= 0.3 is 12.0 Å². The predicted octanol–water partition coefficient (Wildman–Crippen LogP) is 1.38. The molecule has 1 aromatic carbocycles. The molecule has 1 saturated heterocycles. The summed E-state index contributed by atoms with van der Waals surface area (Å²) >= 11 is 1.35. The Labute approximate surface area is 153 Å². The van der Waals surface area contributed by atoms with E-state index in [1.807, 2.05) is 0 Å². The first kappa shape index (κ1) is 17.9. The molecule has 2 heterocycles. The first-order valence-corrected chi connectivity index (χ1v) is 8.79. The van der Waals surface area contributed by atoms with Crippen LogP contribution in [0.2, 0.25) is 0 Å². The molecule has 1 aromatic heterocycles. The summed E-state index contributed by atoms with van der Waals surface area (Å²) in [4.78, 5) is 41.5. The van der Waals surface area contributed by atoms with Crippen molar-refractivity contribution in [1.82, 2.24) is 20.4 Å². The summed E-state index contributed by atoms with van der Waals surface area (Å²) < 4.78 is 10.1. The molecule has 1 aliphatic heterocycles. The average Bonchev–Trinajstić information content (AvgIpc) is 3.26. The van der Waals surface area contributed by atoms with Gasteiger partial charge in [-0.05, 0) is 19.1 Å². The summed E-state index contributed by atoms with van der Waals surface area (Å²) in [6.45, 7) is 1.90. The molecule has 136 valence electrons. The van der Waals surface area contributed by atoms with Crippen LogP contribution in [0.4, 0.5) is 4.79 Å². The summed E-state index contributed by atoms with van der Waals surface area (Å²) in [5.41, 5.74) is 0.326. The van der Waals surface area contributed by atoms with Gasteiger partial charge in [-0.2, -0.15) is 4.98 Å². The lowest BCUT2D eigenvalue weighted by atomic mass is 10.2. The number of rotatable bonds is 6. The number of nitrogens with one attached hydrogen (secondary N) is 1. The van der Waals surface area contributed by atoms with Crippen LogP contribution in [0.5, 0.6) is 0 Å². The van der Waals surface area contributed by atoms with Crippen LogP contribution in [-0.2, 0) is 15.3 Å². The van der Waals surface area contributed by atoms with Gasteiger partial charge in [-0.15, -0.1) is 11.8 Å². The van der Waals surface area contributed by atoms with E-state index in [-0.39, 0.29) is 6.54 Å². The van der Waals surface area contributed by atoms with Crippen molar-refractivity contribution >= 4 is 29.7 Å². The van der Waals surface area contributed by atoms with Crippen molar-refractivity contribution < 1.29 is 23.6 Å². The van der Waals surface area contributed by atoms with Gasteiger partial charge in [-0.3, -0.25) is 9.69 Å². The van der Waals surface area contributed by atoms with Crippen molar-refractivity contribution in [2.75, 3.05) is 19.7 Å². The summed E-state index contributed by atoms with van der Waals surface area (Å²) in [6, 6.07) is 6.39. The lowest BCUT2D eigenvalue weighted by Crippen LogP contribution is -2.37. The Kier molecular flexibility index (Phi) is 5.52. The number of imide groups is 1. The molecular weight excluding hydrogens is 360 g/mol. The molecule has 0 atom stereocenters.